The number of anilines is 2. The summed E-state index contributed by atoms with van der Waals surface area (Å²) < 4.78 is 18.3. The Morgan fingerprint density at radius 3 is 2.46 bits per heavy atom. The lowest BCUT2D eigenvalue weighted by Crippen LogP contribution is -2.14. The molecule has 0 spiro atoms. The van der Waals surface area contributed by atoms with Gasteiger partial charge in [-0.1, -0.05) is 13.0 Å². The Bertz CT molecular complexity index is 760. The van der Waals surface area contributed by atoms with Gasteiger partial charge in [0.25, 0.3) is 0 Å². The summed E-state index contributed by atoms with van der Waals surface area (Å²) in [6.45, 7) is 4.03. The van der Waals surface area contributed by atoms with Crippen molar-refractivity contribution in [3.8, 4) is 5.75 Å². The number of aryl methyl sites for hydroxylation is 1. The molecule has 0 aliphatic carbocycles. The predicted molar refractivity (Wildman–Crippen MR) is 99.9 cm³/mol. The number of ether oxygens (including phenoxy) is 1. The molecule has 5 nitrogen and oxygen atoms in total. The zero-order chi connectivity index (χ0) is 18.9. The second-order valence-electron chi connectivity index (χ2n) is 5.89. The summed E-state index contributed by atoms with van der Waals surface area (Å²) in [4.78, 5) is 23.6. The highest BCUT2D eigenvalue weighted by molar-refractivity contribution is 5.94. The van der Waals surface area contributed by atoms with Crippen LogP contribution in [0.25, 0.3) is 0 Å². The third-order valence-corrected chi connectivity index (χ3v) is 3.75. The maximum atomic E-state index is 12.8. The molecule has 0 heterocycles. The fourth-order valence-corrected chi connectivity index (χ4v) is 2.25. The van der Waals surface area contributed by atoms with Gasteiger partial charge in [-0.2, -0.15) is 0 Å². The van der Waals surface area contributed by atoms with Crippen molar-refractivity contribution in [1.82, 2.24) is 0 Å². The molecule has 0 aliphatic rings. The Balaban J connectivity index is 1.80. The molecule has 2 aromatic carbocycles. The number of carbonyl (C=O) groups is 2. The van der Waals surface area contributed by atoms with Crippen molar-refractivity contribution in [3.63, 3.8) is 0 Å². The van der Waals surface area contributed by atoms with Crippen molar-refractivity contribution in [2.24, 2.45) is 0 Å². The van der Waals surface area contributed by atoms with E-state index < -0.39 is 0 Å². The van der Waals surface area contributed by atoms with Crippen molar-refractivity contribution in [1.29, 1.82) is 0 Å². The molecule has 0 radical (unpaired) electrons. The molecular weight excluding hydrogens is 335 g/mol. The van der Waals surface area contributed by atoms with Crippen LogP contribution in [0, 0.1) is 12.7 Å². The minimum Gasteiger partial charge on any atom is -0.494 e. The van der Waals surface area contributed by atoms with Gasteiger partial charge in [-0.05, 0) is 55.3 Å². The van der Waals surface area contributed by atoms with E-state index in [0.29, 0.717) is 43.0 Å². The Morgan fingerprint density at radius 1 is 1.04 bits per heavy atom. The van der Waals surface area contributed by atoms with E-state index in [4.69, 9.17) is 4.74 Å². The highest BCUT2D eigenvalue weighted by Gasteiger charge is 2.07. The largest absolute Gasteiger partial charge is 0.494 e. The topological polar surface area (TPSA) is 67.4 Å². The summed E-state index contributed by atoms with van der Waals surface area (Å²) in [6, 6.07) is 11.2. The molecule has 0 unspecified atom stereocenters. The molecule has 2 aromatic rings. The first-order valence-electron chi connectivity index (χ1n) is 8.56. The van der Waals surface area contributed by atoms with Crippen LogP contribution in [0.1, 0.15) is 31.7 Å². The van der Waals surface area contributed by atoms with Gasteiger partial charge in [0, 0.05) is 24.2 Å². The van der Waals surface area contributed by atoms with E-state index in [1.165, 1.54) is 12.1 Å². The lowest BCUT2D eigenvalue weighted by atomic mass is 10.1. The Hall–Kier alpha value is -2.89. The molecule has 138 valence electrons. The lowest BCUT2D eigenvalue weighted by Gasteiger charge is -2.11. The van der Waals surface area contributed by atoms with Crippen molar-refractivity contribution in [3.05, 3.63) is 53.8 Å². The van der Waals surface area contributed by atoms with Crippen LogP contribution < -0.4 is 15.4 Å². The molecule has 0 fully saturated rings. The fraction of sp³-hybridized carbons (Fsp3) is 0.300. The predicted octanol–water partition coefficient (Wildman–Crippen LogP) is 4.28. The van der Waals surface area contributed by atoms with E-state index in [1.807, 2.05) is 13.0 Å². The Morgan fingerprint density at radius 2 is 1.77 bits per heavy atom. The number of amides is 2. The molecular formula is C20H23FN2O3. The summed E-state index contributed by atoms with van der Waals surface area (Å²) in [6.07, 6.45) is 1.23. The van der Waals surface area contributed by atoms with E-state index >= 15 is 0 Å². The van der Waals surface area contributed by atoms with E-state index in [0.717, 1.165) is 5.56 Å². The van der Waals surface area contributed by atoms with Crippen LogP contribution in [-0.4, -0.2) is 18.4 Å². The van der Waals surface area contributed by atoms with Crippen molar-refractivity contribution < 1.29 is 18.7 Å². The minimum absolute atomic E-state index is 0.0796. The lowest BCUT2D eigenvalue weighted by molar-refractivity contribution is -0.117. The first-order valence-corrected chi connectivity index (χ1v) is 8.56. The standard InChI is InChI=1S/C20H23FN2O3/c1-3-19(24)22-16-9-6-14(2)18(13-16)23-20(25)5-4-12-26-17-10-7-15(21)8-11-17/h6-11,13H,3-5,12H2,1-2H3,(H,22,24)(H,23,25). The van der Waals surface area contributed by atoms with Gasteiger partial charge in [-0.15, -0.1) is 0 Å². The summed E-state index contributed by atoms with van der Waals surface area (Å²) in [5.74, 6) is 0.0466. The molecule has 0 atom stereocenters. The molecule has 0 saturated carbocycles. The maximum absolute atomic E-state index is 12.8. The first kappa shape index (κ1) is 19.4. The average molecular weight is 358 g/mol. The highest BCUT2D eigenvalue weighted by Crippen LogP contribution is 2.21. The third-order valence-electron chi connectivity index (χ3n) is 3.75. The van der Waals surface area contributed by atoms with Gasteiger partial charge in [0.05, 0.1) is 6.61 Å². The SMILES string of the molecule is CCC(=O)Nc1ccc(C)c(NC(=O)CCCOc2ccc(F)cc2)c1. The molecule has 0 saturated heterocycles. The van der Waals surface area contributed by atoms with Gasteiger partial charge >= 0.3 is 0 Å². The smallest absolute Gasteiger partial charge is 0.224 e. The van der Waals surface area contributed by atoms with Crippen LogP contribution in [0.5, 0.6) is 5.75 Å². The van der Waals surface area contributed by atoms with Crippen LogP contribution in [0.4, 0.5) is 15.8 Å². The summed E-state index contributed by atoms with van der Waals surface area (Å²) in [7, 11) is 0. The third kappa shape index (κ3) is 6.20. The van der Waals surface area contributed by atoms with Crippen LogP contribution in [0.3, 0.4) is 0 Å². The number of hydrogen-bond acceptors (Lipinski definition) is 3. The van der Waals surface area contributed by atoms with Crippen LogP contribution in [0.2, 0.25) is 0 Å². The van der Waals surface area contributed by atoms with Gasteiger partial charge in [0.2, 0.25) is 11.8 Å². The number of hydrogen-bond donors (Lipinski definition) is 2. The van der Waals surface area contributed by atoms with Crippen LogP contribution in [-0.2, 0) is 9.59 Å². The first-order chi connectivity index (χ1) is 12.5. The number of carbonyl (C=O) groups excluding carboxylic acids is 2. The van der Waals surface area contributed by atoms with Crippen LogP contribution in [0.15, 0.2) is 42.5 Å². The fourth-order valence-electron chi connectivity index (χ4n) is 2.25. The number of nitrogens with one attached hydrogen (secondary N) is 2. The molecule has 0 aromatic heterocycles. The summed E-state index contributed by atoms with van der Waals surface area (Å²) in [5.41, 5.74) is 2.23. The van der Waals surface area contributed by atoms with Gasteiger partial charge in [0.1, 0.15) is 11.6 Å². The van der Waals surface area contributed by atoms with E-state index in [-0.39, 0.29) is 17.6 Å². The normalized spacial score (nSPS) is 10.3. The molecule has 0 aliphatic heterocycles. The number of benzene rings is 2. The average Bonchev–Trinajstić information content (AvgIpc) is 2.63. The van der Waals surface area contributed by atoms with E-state index in [9.17, 15) is 14.0 Å². The van der Waals surface area contributed by atoms with Gasteiger partial charge in [-0.3, -0.25) is 9.59 Å². The second kappa shape index (κ2) is 9.56. The quantitative estimate of drug-likeness (QED) is 0.692. The van der Waals surface area contributed by atoms with Crippen molar-refractivity contribution in [2.45, 2.75) is 33.1 Å². The van der Waals surface area contributed by atoms with Gasteiger partial charge in [-0.25, -0.2) is 4.39 Å². The molecule has 0 bridgehead atoms. The van der Waals surface area contributed by atoms with E-state index in [1.54, 1.807) is 31.2 Å². The highest BCUT2D eigenvalue weighted by atomic mass is 19.1. The minimum atomic E-state index is -0.315. The summed E-state index contributed by atoms with van der Waals surface area (Å²) >= 11 is 0. The zero-order valence-corrected chi connectivity index (χ0v) is 15.0. The van der Waals surface area contributed by atoms with Gasteiger partial charge < -0.3 is 15.4 Å². The second-order valence-corrected chi connectivity index (χ2v) is 5.89. The molecule has 2 N–H and O–H groups in total. The zero-order valence-electron chi connectivity index (χ0n) is 15.0. The Kier molecular flexibility index (Phi) is 7.14. The van der Waals surface area contributed by atoms with Crippen LogP contribution >= 0.6 is 0 Å². The monoisotopic (exact) mass is 358 g/mol. The molecule has 6 heteroatoms. The van der Waals surface area contributed by atoms with E-state index in [2.05, 4.69) is 10.6 Å². The van der Waals surface area contributed by atoms with Gasteiger partial charge in [0.15, 0.2) is 0 Å². The molecule has 2 amide bonds. The molecule has 26 heavy (non-hydrogen) atoms. The molecule has 2 rings (SSSR count). The number of halogens is 1. The summed E-state index contributed by atoms with van der Waals surface area (Å²) in [5, 5.41) is 5.62. The maximum Gasteiger partial charge on any atom is 0.224 e. The van der Waals surface area contributed by atoms with Crippen molar-refractivity contribution >= 4 is 23.2 Å². The number of rotatable bonds is 8. The Labute approximate surface area is 152 Å². The van der Waals surface area contributed by atoms with Crippen molar-refractivity contribution in [2.75, 3.05) is 17.2 Å².